The molecule has 0 amide bonds. The van der Waals surface area contributed by atoms with Gasteiger partial charge >= 0.3 is 0 Å². The molecule has 0 unspecified atom stereocenters. The van der Waals surface area contributed by atoms with Crippen molar-refractivity contribution in [1.82, 2.24) is 10.6 Å². The van der Waals surface area contributed by atoms with Crippen molar-refractivity contribution in [1.29, 1.82) is 0 Å². The maximum Gasteiger partial charge on any atom is 0.191 e. The molecule has 3 rings (SSSR count). The van der Waals surface area contributed by atoms with E-state index in [4.69, 9.17) is 0 Å². The van der Waals surface area contributed by atoms with E-state index in [-0.39, 0.29) is 0 Å². The largest absolute Gasteiger partial charge is 0.353 e. The lowest BCUT2D eigenvalue weighted by molar-refractivity contribution is 0.633. The van der Waals surface area contributed by atoms with Crippen LogP contribution in [0.15, 0.2) is 59.6 Å². The van der Waals surface area contributed by atoms with Gasteiger partial charge in [0.15, 0.2) is 5.96 Å². The first kappa shape index (κ1) is 13.7. The van der Waals surface area contributed by atoms with Crippen LogP contribution in [0.4, 0.5) is 0 Å². The third-order valence-corrected chi connectivity index (χ3v) is 3.85. The maximum absolute atomic E-state index is 4.30. The molecule has 2 aromatic carbocycles. The van der Waals surface area contributed by atoms with Gasteiger partial charge in [-0.3, -0.25) is 4.99 Å². The number of fused-ring (bicyclic) bond motifs is 1. The van der Waals surface area contributed by atoms with E-state index < -0.39 is 0 Å². The Balaban J connectivity index is 1.61. The standard InChI is InChI=1S/C18H21N3/c1-19-18(21-17-8-4-5-9-17)20-13-14-10-11-15-6-2-3-7-16(15)12-14/h2-7,10-12,17H,8-9,13H2,1H3,(H2,19,20,21). The van der Waals surface area contributed by atoms with Crippen LogP contribution in [0.2, 0.25) is 0 Å². The van der Waals surface area contributed by atoms with Gasteiger partial charge < -0.3 is 10.6 Å². The Labute approximate surface area is 125 Å². The lowest BCUT2D eigenvalue weighted by Gasteiger charge is -2.17. The average Bonchev–Trinajstić information content (AvgIpc) is 3.04. The van der Waals surface area contributed by atoms with E-state index in [2.05, 4.69) is 70.2 Å². The van der Waals surface area contributed by atoms with Gasteiger partial charge in [-0.1, -0.05) is 48.6 Å². The lowest BCUT2D eigenvalue weighted by Crippen LogP contribution is -2.42. The Kier molecular flexibility index (Phi) is 4.20. The Bertz CT molecular complexity index is 665. The van der Waals surface area contributed by atoms with E-state index in [1.54, 1.807) is 0 Å². The van der Waals surface area contributed by atoms with E-state index in [1.807, 2.05) is 7.05 Å². The molecule has 0 saturated carbocycles. The Morgan fingerprint density at radius 3 is 2.62 bits per heavy atom. The number of hydrogen-bond acceptors (Lipinski definition) is 1. The van der Waals surface area contributed by atoms with Crippen molar-refractivity contribution in [3.8, 4) is 0 Å². The normalized spacial score (nSPS) is 15.6. The zero-order chi connectivity index (χ0) is 14.5. The van der Waals surface area contributed by atoms with Crippen LogP contribution in [-0.4, -0.2) is 19.0 Å². The highest BCUT2D eigenvalue weighted by atomic mass is 15.2. The molecular formula is C18H21N3. The van der Waals surface area contributed by atoms with Gasteiger partial charge in [0, 0.05) is 19.6 Å². The van der Waals surface area contributed by atoms with Gasteiger partial charge in [0.2, 0.25) is 0 Å². The topological polar surface area (TPSA) is 36.4 Å². The summed E-state index contributed by atoms with van der Waals surface area (Å²) in [6.07, 6.45) is 6.59. The second kappa shape index (κ2) is 6.44. The van der Waals surface area contributed by atoms with Crippen molar-refractivity contribution in [2.45, 2.75) is 25.4 Å². The van der Waals surface area contributed by atoms with Crippen LogP contribution in [0.25, 0.3) is 10.8 Å². The minimum atomic E-state index is 0.479. The van der Waals surface area contributed by atoms with Gasteiger partial charge in [-0.2, -0.15) is 0 Å². The molecule has 21 heavy (non-hydrogen) atoms. The molecule has 0 heterocycles. The van der Waals surface area contributed by atoms with Crippen molar-refractivity contribution in [3.05, 3.63) is 60.2 Å². The predicted molar refractivity (Wildman–Crippen MR) is 89.4 cm³/mol. The highest BCUT2D eigenvalue weighted by Gasteiger charge is 2.11. The fourth-order valence-electron chi connectivity index (χ4n) is 2.66. The summed E-state index contributed by atoms with van der Waals surface area (Å²) in [4.78, 5) is 4.30. The zero-order valence-corrected chi connectivity index (χ0v) is 12.3. The molecule has 3 heteroatoms. The summed E-state index contributed by atoms with van der Waals surface area (Å²) in [5.74, 6) is 0.872. The molecule has 0 atom stereocenters. The first-order valence-electron chi connectivity index (χ1n) is 7.45. The first-order chi connectivity index (χ1) is 10.3. The molecule has 1 aliphatic rings. The van der Waals surface area contributed by atoms with Gasteiger partial charge in [-0.25, -0.2) is 0 Å². The predicted octanol–water partition coefficient (Wildman–Crippen LogP) is 3.22. The zero-order valence-electron chi connectivity index (χ0n) is 12.3. The number of benzene rings is 2. The summed E-state index contributed by atoms with van der Waals surface area (Å²) >= 11 is 0. The van der Waals surface area contributed by atoms with E-state index in [0.29, 0.717) is 6.04 Å². The van der Waals surface area contributed by atoms with E-state index in [1.165, 1.54) is 16.3 Å². The fraction of sp³-hybridized carbons (Fsp3) is 0.278. The third-order valence-electron chi connectivity index (χ3n) is 3.85. The van der Waals surface area contributed by atoms with Gasteiger partial charge in [0.25, 0.3) is 0 Å². The molecule has 1 aliphatic carbocycles. The third kappa shape index (κ3) is 3.43. The van der Waals surface area contributed by atoms with Crippen LogP contribution >= 0.6 is 0 Å². The van der Waals surface area contributed by atoms with Crippen molar-refractivity contribution >= 4 is 16.7 Å². The molecular weight excluding hydrogens is 258 g/mol. The summed E-state index contributed by atoms with van der Waals surface area (Å²) in [5, 5.41) is 9.39. The molecule has 0 radical (unpaired) electrons. The maximum atomic E-state index is 4.30. The van der Waals surface area contributed by atoms with Crippen molar-refractivity contribution in [3.63, 3.8) is 0 Å². The lowest BCUT2D eigenvalue weighted by atomic mass is 10.1. The van der Waals surface area contributed by atoms with E-state index in [0.717, 1.165) is 25.3 Å². The molecule has 0 aromatic heterocycles. The van der Waals surface area contributed by atoms with Crippen molar-refractivity contribution in [2.75, 3.05) is 7.05 Å². The molecule has 0 aliphatic heterocycles. The summed E-state index contributed by atoms with van der Waals surface area (Å²) < 4.78 is 0. The number of nitrogens with zero attached hydrogens (tertiary/aromatic N) is 1. The second-order valence-electron chi connectivity index (χ2n) is 5.39. The van der Waals surface area contributed by atoms with Crippen LogP contribution in [-0.2, 0) is 6.54 Å². The smallest absolute Gasteiger partial charge is 0.191 e. The fourth-order valence-corrected chi connectivity index (χ4v) is 2.66. The van der Waals surface area contributed by atoms with Crippen LogP contribution in [0, 0.1) is 0 Å². The van der Waals surface area contributed by atoms with Crippen LogP contribution in [0.5, 0.6) is 0 Å². The van der Waals surface area contributed by atoms with Crippen LogP contribution in [0.1, 0.15) is 18.4 Å². The van der Waals surface area contributed by atoms with Crippen molar-refractivity contribution < 1.29 is 0 Å². The van der Waals surface area contributed by atoms with E-state index >= 15 is 0 Å². The number of aliphatic imine (C=N–C) groups is 1. The van der Waals surface area contributed by atoms with Crippen molar-refractivity contribution in [2.24, 2.45) is 4.99 Å². The Morgan fingerprint density at radius 2 is 1.86 bits per heavy atom. The quantitative estimate of drug-likeness (QED) is 0.514. The molecule has 2 aromatic rings. The van der Waals surface area contributed by atoms with Gasteiger partial charge in [0.1, 0.15) is 0 Å². The minimum Gasteiger partial charge on any atom is -0.353 e. The Hall–Kier alpha value is -2.29. The molecule has 0 fully saturated rings. The summed E-state index contributed by atoms with van der Waals surface area (Å²) in [5.41, 5.74) is 1.26. The number of guanidine groups is 1. The highest BCUT2D eigenvalue weighted by molar-refractivity contribution is 5.83. The monoisotopic (exact) mass is 279 g/mol. The highest BCUT2D eigenvalue weighted by Crippen LogP contribution is 2.15. The SMILES string of the molecule is CN=C(NCc1ccc2ccccc2c1)NC1CC=CC1. The number of rotatable bonds is 3. The second-order valence-corrected chi connectivity index (χ2v) is 5.39. The summed E-state index contributed by atoms with van der Waals surface area (Å²) in [6, 6.07) is 15.5. The number of hydrogen-bond donors (Lipinski definition) is 2. The molecule has 0 saturated heterocycles. The summed E-state index contributed by atoms with van der Waals surface area (Å²) in [7, 11) is 1.82. The Morgan fingerprint density at radius 1 is 1.10 bits per heavy atom. The molecule has 0 bridgehead atoms. The molecule has 0 spiro atoms. The number of nitrogens with one attached hydrogen (secondary N) is 2. The summed E-state index contributed by atoms with van der Waals surface area (Å²) in [6.45, 7) is 0.782. The average molecular weight is 279 g/mol. The minimum absolute atomic E-state index is 0.479. The molecule has 2 N–H and O–H groups in total. The molecule has 3 nitrogen and oxygen atoms in total. The van der Waals surface area contributed by atoms with Crippen LogP contribution < -0.4 is 10.6 Å². The first-order valence-corrected chi connectivity index (χ1v) is 7.45. The van der Waals surface area contributed by atoms with Gasteiger partial charge in [-0.15, -0.1) is 0 Å². The molecule has 108 valence electrons. The van der Waals surface area contributed by atoms with Crippen LogP contribution in [0.3, 0.4) is 0 Å². The van der Waals surface area contributed by atoms with Gasteiger partial charge in [-0.05, 0) is 35.2 Å². The van der Waals surface area contributed by atoms with Gasteiger partial charge in [0.05, 0.1) is 0 Å². The van der Waals surface area contributed by atoms with E-state index in [9.17, 15) is 0 Å².